The molecule has 136 valence electrons. The van der Waals surface area contributed by atoms with Crippen molar-refractivity contribution in [3.05, 3.63) is 74.0 Å². The molecule has 5 nitrogen and oxygen atoms in total. The van der Waals surface area contributed by atoms with Crippen molar-refractivity contribution in [2.45, 2.75) is 32.1 Å². The summed E-state index contributed by atoms with van der Waals surface area (Å²) in [7, 11) is 0. The summed E-state index contributed by atoms with van der Waals surface area (Å²) in [5.41, 5.74) is 3.57. The van der Waals surface area contributed by atoms with Crippen LogP contribution in [0.1, 0.15) is 43.6 Å². The lowest BCUT2D eigenvalue weighted by Crippen LogP contribution is -2.24. The first-order chi connectivity index (χ1) is 12.8. The predicted octanol–water partition coefficient (Wildman–Crippen LogP) is 4.30. The molecule has 2 atom stereocenters. The average Bonchev–Trinajstić information content (AvgIpc) is 3.00. The van der Waals surface area contributed by atoms with Gasteiger partial charge in [-0.05, 0) is 48.2 Å². The SMILES string of the molecule is CC1C(Br)=CC=C2N=Cc3[nH]c(=O)n(-c4ccc(C(C)(C)C#N)cc4)c3C21. The molecule has 0 spiro atoms. The van der Waals surface area contributed by atoms with E-state index in [9.17, 15) is 10.1 Å². The number of H-pyrrole nitrogens is 1. The summed E-state index contributed by atoms with van der Waals surface area (Å²) in [5, 5.41) is 9.35. The minimum absolute atomic E-state index is 0.00134. The molecule has 0 saturated carbocycles. The monoisotopic (exact) mass is 422 g/mol. The van der Waals surface area contributed by atoms with Crippen molar-refractivity contribution in [3.63, 3.8) is 0 Å². The summed E-state index contributed by atoms with van der Waals surface area (Å²) in [5.74, 6) is 0.179. The van der Waals surface area contributed by atoms with E-state index in [-0.39, 0.29) is 17.5 Å². The Bertz CT molecular complexity index is 1110. The van der Waals surface area contributed by atoms with Crippen LogP contribution in [0, 0.1) is 17.2 Å². The van der Waals surface area contributed by atoms with Crippen LogP contribution in [0.4, 0.5) is 0 Å². The van der Waals surface area contributed by atoms with Crippen LogP contribution in [0.3, 0.4) is 0 Å². The first-order valence-corrected chi connectivity index (χ1v) is 9.61. The number of nitrogens with zero attached hydrogens (tertiary/aromatic N) is 3. The van der Waals surface area contributed by atoms with Gasteiger partial charge in [-0.2, -0.15) is 5.26 Å². The first-order valence-electron chi connectivity index (χ1n) is 8.82. The van der Waals surface area contributed by atoms with E-state index in [1.54, 1.807) is 10.8 Å². The minimum atomic E-state index is -0.572. The Morgan fingerprint density at radius 3 is 2.63 bits per heavy atom. The predicted molar refractivity (Wildman–Crippen MR) is 110 cm³/mol. The largest absolute Gasteiger partial charge is 0.330 e. The Hall–Kier alpha value is -2.65. The van der Waals surface area contributed by atoms with E-state index in [2.05, 4.69) is 38.9 Å². The molecule has 2 aromatic rings. The molecule has 0 bridgehead atoms. The van der Waals surface area contributed by atoms with E-state index >= 15 is 0 Å². The van der Waals surface area contributed by atoms with Gasteiger partial charge in [-0.25, -0.2) is 4.79 Å². The molecule has 1 aliphatic carbocycles. The summed E-state index contributed by atoms with van der Waals surface area (Å²) in [4.78, 5) is 20.2. The number of hydrogen-bond acceptors (Lipinski definition) is 3. The van der Waals surface area contributed by atoms with Crippen molar-refractivity contribution in [1.82, 2.24) is 9.55 Å². The fraction of sp³-hybridized carbons (Fsp3) is 0.286. The second-order valence-corrected chi connectivity index (χ2v) is 8.43. The van der Waals surface area contributed by atoms with Crippen LogP contribution >= 0.6 is 15.9 Å². The maximum absolute atomic E-state index is 12.8. The summed E-state index contributed by atoms with van der Waals surface area (Å²) >= 11 is 3.63. The number of allylic oxidation sites excluding steroid dienone is 4. The molecule has 1 aromatic heterocycles. The highest BCUT2D eigenvalue weighted by molar-refractivity contribution is 9.11. The lowest BCUT2D eigenvalue weighted by Gasteiger charge is -2.30. The minimum Gasteiger partial charge on any atom is -0.304 e. The first kappa shape index (κ1) is 17.7. The number of aromatic nitrogens is 2. The van der Waals surface area contributed by atoms with Crippen molar-refractivity contribution in [2.24, 2.45) is 10.9 Å². The number of nitrogens with one attached hydrogen (secondary N) is 1. The number of benzene rings is 1. The van der Waals surface area contributed by atoms with Gasteiger partial charge in [0.1, 0.15) is 0 Å². The quantitative estimate of drug-likeness (QED) is 0.783. The summed E-state index contributed by atoms with van der Waals surface area (Å²) in [6, 6.07) is 9.94. The molecule has 27 heavy (non-hydrogen) atoms. The molecule has 0 radical (unpaired) electrons. The zero-order valence-electron chi connectivity index (χ0n) is 15.3. The molecule has 2 unspecified atom stereocenters. The summed E-state index contributed by atoms with van der Waals surface area (Å²) in [6.45, 7) is 5.89. The molecular weight excluding hydrogens is 404 g/mol. The fourth-order valence-electron chi connectivity index (χ4n) is 3.69. The van der Waals surface area contributed by atoms with E-state index in [1.807, 2.05) is 50.3 Å². The highest BCUT2D eigenvalue weighted by Crippen LogP contribution is 2.44. The number of hydrogen-bond donors (Lipinski definition) is 1. The van der Waals surface area contributed by atoms with Crippen molar-refractivity contribution in [2.75, 3.05) is 0 Å². The number of halogens is 1. The zero-order valence-corrected chi connectivity index (χ0v) is 16.9. The molecule has 1 aromatic carbocycles. The topological polar surface area (TPSA) is 73.9 Å². The normalized spacial score (nSPS) is 21.0. The van der Waals surface area contributed by atoms with Crippen LogP contribution in [0.2, 0.25) is 0 Å². The highest BCUT2D eigenvalue weighted by Gasteiger charge is 2.35. The standard InChI is InChI=1S/C21H19BrN4O/c1-12-15(22)8-9-16-18(12)19-17(10-24-16)25-20(27)26(19)14-6-4-13(5-7-14)21(2,3)11-23/h4-10,12,18H,1-3H3,(H,25,27). The Morgan fingerprint density at radius 2 is 1.96 bits per heavy atom. The maximum atomic E-state index is 12.8. The zero-order chi connectivity index (χ0) is 19.3. The van der Waals surface area contributed by atoms with Gasteiger partial charge in [-0.1, -0.05) is 35.0 Å². The number of fused-ring (bicyclic) bond motifs is 3. The Labute approximate surface area is 165 Å². The third-order valence-corrected chi connectivity index (χ3v) is 6.38. The lowest BCUT2D eigenvalue weighted by molar-refractivity contribution is 0.566. The van der Waals surface area contributed by atoms with Crippen LogP contribution < -0.4 is 5.69 Å². The van der Waals surface area contributed by atoms with Gasteiger partial charge in [0, 0.05) is 5.92 Å². The van der Waals surface area contributed by atoms with Gasteiger partial charge in [0.25, 0.3) is 0 Å². The molecule has 0 amide bonds. The maximum Gasteiger partial charge on any atom is 0.330 e. The number of aromatic amines is 1. The highest BCUT2D eigenvalue weighted by atomic mass is 79.9. The van der Waals surface area contributed by atoms with Crippen molar-refractivity contribution in [1.29, 1.82) is 5.26 Å². The molecule has 2 aliphatic rings. The second kappa shape index (κ2) is 6.21. The molecule has 4 rings (SSSR count). The molecule has 1 aliphatic heterocycles. The van der Waals surface area contributed by atoms with Crippen LogP contribution in [-0.2, 0) is 5.41 Å². The molecule has 6 heteroatoms. The van der Waals surface area contributed by atoms with Crippen molar-refractivity contribution >= 4 is 22.1 Å². The van der Waals surface area contributed by atoms with Crippen LogP contribution in [0.15, 0.2) is 56.4 Å². The van der Waals surface area contributed by atoms with Gasteiger partial charge in [-0.3, -0.25) is 9.56 Å². The van der Waals surface area contributed by atoms with Gasteiger partial charge < -0.3 is 4.98 Å². The van der Waals surface area contributed by atoms with E-state index < -0.39 is 5.41 Å². The van der Waals surface area contributed by atoms with Gasteiger partial charge in [0.2, 0.25) is 0 Å². The Kier molecular flexibility index (Phi) is 4.08. The van der Waals surface area contributed by atoms with Gasteiger partial charge in [0.05, 0.1) is 46.4 Å². The molecule has 0 saturated heterocycles. The summed E-state index contributed by atoms with van der Waals surface area (Å²) in [6.07, 6.45) is 5.74. The Balaban J connectivity index is 1.86. The average molecular weight is 423 g/mol. The number of imidazole rings is 1. The summed E-state index contributed by atoms with van der Waals surface area (Å²) < 4.78 is 2.81. The van der Waals surface area contributed by atoms with Crippen LogP contribution in [-0.4, -0.2) is 15.8 Å². The molecule has 0 fully saturated rings. The second-order valence-electron chi connectivity index (χ2n) is 7.52. The Morgan fingerprint density at radius 1 is 1.26 bits per heavy atom. The van der Waals surface area contributed by atoms with Crippen molar-refractivity contribution in [3.8, 4) is 11.8 Å². The lowest BCUT2D eigenvalue weighted by atomic mass is 9.82. The van der Waals surface area contributed by atoms with Crippen LogP contribution in [0.25, 0.3) is 5.69 Å². The smallest absolute Gasteiger partial charge is 0.304 e. The van der Waals surface area contributed by atoms with Crippen molar-refractivity contribution < 1.29 is 0 Å². The van der Waals surface area contributed by atoms with Gasteiger partial charge in [0.15, 0.2) is 0 Å². The van der Waals surface area contributed by atoms with E-state index in [0.29, 0.717) is 0 Å². The van der Waals surface area contributed by atoms with Crippen LogP contribution in [0.5, 0.6) is 0 Å². The van der Waals surface area contributed by atoms with E-state index in [1.165, 1.54) is 0 Å². The van der Waals surface area contributed by atoms with E-state index in [0.717, 1.165) is 32.8 Å². The fourth-order valence-corrected chi connectivity index (χ4v) is 4.09. The van der Waals surface area contributed by atoms with Gasteiger partial charge >= 0.3 is 5.69 Å². The molecule has 2 heterocycles. The third-order valence-electron chi connectivity index (χ3n) is 5.39. The molecular formula is C21H19BrN4O. The molecule has 1 N–H and O–H groups in total. The third kappa shape index (κ3) is 2.74. The number of aliphatic imine (C=N–C) groups is 1. The van der Waals surface area contributed by atoms with E-state index in [4.69, 9.17) is 0 Å². The number of rotatable bonds is 2. The number of nitriles is 1. The van der Waals surface area contributed by atoms with Gasteiger partial charge in [-0.15, -0.1) is 0 Å².